The van der Waals surface area contributed by atoms with Gasteiger partial charge in [0.05, 0.1) is 11.4 Å². The number of nitrogens with zero attached hydrogens (tertiary/aromatic N) is 2. The summed E-state index contributed by atoms with van der Waals surface area (Å²) in [5, 5.41) is 7.69. The Hall–Kier alpha value is -2.90. The largest absolute Gasteiger partial charge is 0.354 e. The molecule has 2 rings (SSSR count). The molecule has 1 unspecified atom stereocenters. The highest BCUT2D eigenvalue weighted by molar-refractivity contribution is 6.04. The minimum absolute atomic E-state index is 0.245. The highest BCUT2D eigenvalue weighted by Crippen LogP contribution is 2.22. The molecule has 0 aliphatic carbocycles. The predicted molar refractivity (Wildman–Crippen MR) is 81.6 cm³/mol. The van der Waals surface area contributed by atoms with Gasteiger partial charge < -0.3 is 20.5 Å². The summed E-state index contributed by atoms with van der Waals surface area (Å²) >= 11 is 0. The fourth-order valence-corrected chi connectivity index (χ4v) is 2.10. The van der Waals surface area contributed by atoms with Gasteiger partial charge in [-0.05, 0) is 19.1 Å². The number of amides is 3. The van der Waals surface area contributed by atoms with Gasteiger partial charge >= 0.3 is 0 Å². The molecule has 116 valence electrons. The summed E-state index contributed by atoms with van der Waals surface area (Å²) in [6.07, 6.45) is 5.14. The molecule has 22 heavy (non-hydrogen) atoms. The first-order chi connectivity index (χ1) is 10.4. The lowest BCUT2D eigenvalue weighted by Gasteiger charge is -2.16. The Balaban J connectivity index is 2.15. The van der Waals surface area contributed by atoms with Crippen LogP contribution in [0.4, 0.5) is 5.69 Å². The average Bonchev–Trinajstić information content (AvgIpc) is 3.03. The van der Waals surface area contributed by atoms with Gasteiger partial charge in [-0.3, -0.25) is 19.4 Å². The molecule has 1 aliphatic rings. The van der Waals surface area contributed by atoms with E-state index in [1.807, 2.05) is 0 Å². The highest BCUT2D eigenvalue weighted by Gasteiger charge is 2.33. The number of anilines is 1. The van der Waals surface area contributed by atoms with Crippen LogP contribution in [0.2, 0.25) is 0 Å². The number of allylic oxidation sites excluding steroid dienone is 1. The minimum atomic E-state index is -1.10. The van der Waals surface area contributed by atoms with Crippen LogP contribution < -0.4 is 16.0 Å². The molecule has 1 atom stereocenters. The fourth-order valence-electron chi connectivity index (χ4n) is 2.10. The Morgan fingerprint density at radius 3 is 2.77 bits per heavy atom. The molecule has 0 fully saturated rings. The van der Waals surface area contributed by atoms with E-state index in [4.69, 9.17) is 0 Å². The van der Waals surface area contributed by atoms with E-state index in [0.29, 0.717) is 23.5 Å². The van der Waals surface area contributed by atoms with E-state index < -0.39 is 5.54 Å². The summed E-state index contributed by atoms with van der Waals surface area (Å²) in [5.41, 5.74) is 0.283. The standard InChI is InChI=1S/C14H17N5O3/c1-14(5-10(6-17-14)16-8-20)13(22)18-9-4-11(12(21)15-2)19(3)7-9/h4-8H,1-3H3,(H,15,21)(H,16,20)(H,18,22). The van der Waals surface area contributed by atoms with Gasteiger partial charge in [0.1, 0.15) is 5.69 Å². The number of aliphatic imine (C=N–C) groups is 1. The molecule has 0 saturated heterocycles. The molecule has 0 saturated carbocycles. The summed E-state index contributed by atoms with van der Waals surface area (Å²) in [4.78, 5) is 38.5. The number of aromatic nitrogens is 1. The van der Waals surface area contributed by atoms with Gasteiger partial charge in [0.15, 0.2) is 5.54 Å². The zero-order chi connectivity index (χ0) is 16.3. The van der Waals surface area contributed by atoms with Crippen molar-refractivity contribution in [3.05, 3.63) is 29.7 Å². The number of hydrogen-bond donors (Lipinski definition) is 3. The summed E-state index contributed by atoms with van der Waals surface area (Å²) in [5.74, 6) is -0.606. The Morgan fingerprint density at radius 2 is 2.14 bits per heavy atom. The lowest BCUT2D eigenvalue weighted by Crippen LogP contribution is -2.35. The number of carbonyl (C=O) groups excluding carboxylic acids is 3. The third kappa shape index (κ3) is 2.90. The number of carbonyl (C=O) groups is 3. The Kier molecular flexibility index (Phi) is 4.11. The molecule has 8 heteroatoms. The zero-order valence-corrected chi connectivity index (χ0v) is 12.5. The Labute approximate surface area is 127 Å². The third-order valence-electron chi connectivity index (χ3n) is 3.32. The first kappa shape index (κ1) is 15.5. The van der Waals surface area contributed by atoms with Crippen molar-refractivity contribution in [1.29, 1.82) is 0 Å². The molecule has 8 nitrogen and oxygen atoms in total. The van der Waals surface area contributed by atoms with Crippen molar-refractivity contribution in [2.24, 2.45) is 12.0 Å². The molecule has 2 heterocycles. The second-order valence-electron chi connectivity index (χ2n) is 5.03. The van der Waals surface area contributed by atoms with Crippen molar-refractivity contribution in [2.45, 2.75) is 12.5 Å². The molecule has 1 aliphatic heterocycles. The van der Waals surface area contributed by atoms with Gasteiger partial charge in [0.2, 0.25) is 6.41 Å². The van der Waals surface area contributed by atoms with Gasteiger partial charge in [-0.1, -0.05) is 0 Å². The average molecular weight is 303 g/mol. The molecular formula is C14H17N5O3. The van der Waals surface area contributed by atoms with Crippen molar-refractivity contribution in [3.63, 3.8) is 0 Å². The highest BCUT2D eigenvalue weighted by atomic mass is 16.2. The van der Waals surface area contributed by atoms with E-state index in [9.17, 15) is 14.4 Å². The molecule has 0 spiro atoms. The molecule has 0 radical (unpaired) electrons. The van der Waals surface area contributed by atoms with Gasteiger partial charge in [0, 0.05) is 26.5 Å². The summed E-state index contributed by atoms with van der Waals surface area (Å²) in [6, 6.07) is 1.58. The monoisotopic (exact) mass is 303 g/mol. The summed E-state index contributed by atoms with van der Waals surface area (Å²) in [6.45, 7) is 1.63. The first-order valence-electron chi connectivity index (χ1n) is 6.58. The number of aryl methyl sites for hydroxylation is 1. The molecule has 3 amide bonds. The first-order valence-corrected chi connectivity index (χ1v) is 6.58. The van der Waals surface area contributed by atoms with Gasteiger partial charge in [-0.2, -0.15) is 0 Å². The van der Waals surface area contributed by atoms with Crippen molar-refractivity contribution in [1.82, 2.24) is 15.2 Å². The molecule has 1 aromatic heterocycles. The normalized spacial score (nSPS) is 19.5. The quantitative estimate of drug-likeness (QED) is 0.656. The summed E-state index contributed by atoms with van der Waals surface area (Å²) in [7, 11) is 3.25. The van der Waals surface area contributed by atoms with Crippen LogP contribution >= 0.6 is 0 Å². The lowest BCUT2D eigenvalue weighted by atomic mass is 10.0. The molecule has 1 aromatic rings. The van der Waals surface area contributed by atoms with Gasteiger partial charge in [-0.15, -0.1) is 0 Å². The van der Waals surface area contributed by atoms with Crippen LogP contribution in [-0.2, 0) is 16.6 Å². The van der Waals surface area contributed by atoms with Crippen LogP contribution in [0.5, 0.6) is 0 Å². The number of rotatable bonds is 5. The van der Waals surface area contributed by atoms with Crippen molar-refractivity contribution < 1.29 is 14.4 Å². The van der Waals surface area contributed by atoms with E-state index in [1.54, 1.807) is 36.9 Å². The van der Waals surface area contributed by atoms with Crippen LogP contribution in [0, 0.1) is 0 Å². The van der Waals surface area contributed by atoms with Crippen LogP contribution in [0.15, 0.2) is 29.0 Å². The Bertz CT molecular complexity index is 689. The van der Waals surface area contributed by atoms with Crippen LogP contribution in [0.3, 0.4) is 0 Å². The Morgan fingerprint density at radius 1 is 1.41 bits per heavy atom. The van der Waals surface area contributed by atoms with Crippen LogP contribution in [0.1, 0.15) is 17.4 Å². The van der Waals surface area contributed by atoms with Crippen LogP contribution in [0.25, 0.3) is 0 Å². The number of hydrogen-bond acceptors (Lipinski definition) is 4. The van der Waals surface area contributed by atoms with E-state index in [2.05, 4.69) is 20.9 Å². The lowest BCUT2D eigenvalue weighted by molar-refractivity contribution is -0.119. The van der Waals surface area contributed by atoms with Crippen molar-refractivity contribution in [2.75, 3.05) is 12.4 Å². The zero-order valence-electron chi connectivity index (χ0n) is 12.5. The SMILES string of the molecule is CNC(=O)c1cc(NC(=O)C2(C)C=C(NC=O)C=N2)cn1C. The molecule has 0 bridgehead atoms. The molecular weight excluding hydrogens is 286 g/mol. The second-order valence-corrected chi connectivity index (χ2v) is 5.03. The van der Waals surface area contributed by atoms with E-state index in [-0.39, 0.29) is 11.8 Å². The van der Waals surface area contributed by atoms with Gasteiger partial charge in [-0.25, -0.2) is 0 Å². The summed E-state index contributed by atoms with van der Waals surface area (Å²) < 4.78 is 1.61. The van der Waals surface area contributed by atoms with Crippen molar-refractivity contribution in [3.8, 4) is 0 Å². The maximum Gasteiger partial charge on any atom is 0.267 e. The van der Waals surface area contributed by atoms with E-state index >= 15 is 0 Å². The third-order valence-corrected chi connectivity index (χ3v) is 3.32. The second kappa shape index (κ2) is 5.84. The fraction of sp³-hybridized carbons (Fsp3) is 0.286. The minimum Gasteiger partial charge on any atom is -0.354 e. The van der Waals surface area contributed by atoms with E-state index in [0.717, 1.165) is 0 Å². The molecule has 0 aromatic carbocycles. The van der Waals surface area contributed by atoms with Gasteiger partial charge in [0.25, 0.3) is 11.8 Å². The maximum atomic E-state index is 12.4. The molecule has 3 N–H and O–H groups in total. The van der Waals surface area contributed by atoms with Crippen molar-refractivity contribution >= 4 is 30.1 Å². The maximum absolute atomic E-state index is 12.4. The number of nitrogens with one attached hydrogen (secondary N) is 3. The predicted octanol–water partition coefficient (Wildman–Crippen LogP) is -0.204. The topological polar surface area (TPSA) is 105 Å². The van der Waals surface area contributed by atoms with Crippen LogP contribution in [-0.4, -0.2) is 41.6 Å². The smallest absolute Gasteiger partial charge is 0.267 e. The van der Waals surface area contributed by atoms with E-state index in [1.165, 1.54) is 13.3 Å².